The van der Waals surface area contributed by atoms with Gasteiger partial charge in [0.05, 0.1) is 41.7 Å². The van der Waals surface area contributed by atoms with Gasteiger partial charge in [-0.05, 0) is 68.9 Å². The SMILES string of the molecule is C=CC[C@@H]1CN(C2CCCC2)c2nc(Nc3ccc(C(=O)NC4CCN(C(=O)CCN5CCN(c6cccc7c6C(=O)N(C6CCC(=O)NC6=O)C7=O)CC5)CC4)cc3OC)ncc2N(C)C1=O. The summed E-state index contributed by atoms with van der Waals surface area (Å²) in [5, 5.41) is 8.67. The van der Waals surface area contributed by atoms with Crippen LogP contribution in [-0.4, -0.2) is 151 Å². The van der Waals surface area contributed by atoms with Crippen molar-refractivity contribution in [3.8, 4) is 5.75 Å². The lowest BCUT2D eigenvalue weighted by Crippen LogP contribution is -2.54. The van der Waals surface area contributed by atoms with Gasteiger partial charge in [-0.25, -0.2) is 4.98 Å². The summed E-state index contributed by atoms with van der Waals surface area (Å²) >= 11 is 0. The molecule has 1 aliphatic carbocycles. The maximum Gasteiger partial charge on any atom is 0.264 e. The Balaban J connectivity index is 0.745. The number of rotatable bonds is 13. The van der Waals surface area contributed by atoms with Crippen LogP contribution in [0.2, 0.25) is 0 Å². The number of benzene rings is 2. The summed E-state index contributed by atoms with van der Waals surface area (Å²) in [5.41, 5.74) is 2.85. The Kier molecular flexibility index (Phi) is 13.4. The Morgan fingerprint density at radius 1 is 0.926 bits per heavy atom. The zero-order valence-corrected chi connectivity index (χ0v) is 38.7. The van der Waals surface area contributed by atoms with Gasteiger partial charge in [-0.3, -0.25) is 48.7 Å². The van der Waals surface area contributed by atoms with Gasteiger partial charge in [0.15, 0.2) is 5.82 Å². The van der Waals surface area contributed by atoms with Crippen molar-refractivity contribution in [2.24, 2.45) is 5.92 Å². The minimum absolute atomic E-state index is 0.0188. The highest BCUT2D eigenvalue weighted by Gasteiger charge is 2.46. The summed E-state index contributed by atoms with van der Waals surface area (Å²) in [6, 6.07) is 9.48. The molecule has 0 spiro atoms. The highest BCUT2D eigenvalue weighted by atomic mass is 16.5. The van der Waals surface area contributed by atoms with Crippen molar-refractivity contribution in [1.29, 1.82) is 0 Å². The number of nitrogens with one attached hydrogen (secondary N) is 3. The zero-order chi connectivity index (χ0) is 47.6. The van der Waals surface area contributed by atoms with Gasteiger partial charge >= 0.3 is 0 Å². The molecule has 19 heteroatoms. The van der Waals surface area contributed by atoms with E-state index in [1.165, 1.54) is 0 Å². The van der Waals surface area contributed by atoms with E-state index in [9.17, 15) is 33.6 Å². The van der Waals surface area contributed by atoms with Gasteiger partial charge in [0.25, 0.3) is 17.7 Å². The summed E-state index contributed by atoms with van der Waals surface area (Å²) in [4.78, 5) is 112. The second-order valence-electron chi connectivity index (χ2n) is 18.5. The lowest BCUT2D eigenvalue weighted by Gasteiger charge is -2.37. The van der Waals surface area contributed by atoms with Crippen molar-refractivity contribution >= 4 is 70.2 Å². The molecule has 4 fully saturated rings. The molecule has 7 amide bonds. The molecule has 2 aromatic carbocycles. The third-order valence-electron chi connectivity index (χ3n) is 14.4. The summed E-state index contributed by atoms with van der Waals surface area (Å²) in [6.45, 7) is 8.58. The number of amides is 7. The summed E-state index contributed by atoms with van der Waals surface area (Å²) in [7, 11) is 3.31. The number of carbonyl (C=O) groups excluding carboxylic acids is 7. The Morgan fingerprint density at radius 2 is 1.69 bits per heavy atom. The molecule has 1 unspecified atom stereocenters. The first kappa shape index (κ1) is 46.2. The van der Waals surface area contributed by atoms with Gasteiger partial charge < -0.3 is 35.0 Å². The zero-order valence-electron chi connectivity index (χ0n) is 38.7. The van der Waals surface area contributed by atoms with Crippen molar-refractivity contribution in [3.05, 3.63) is 71.9 Å². The standard InChI is InChI=1S/C49H59N11O8/c1-4-8-31-29-59(33-9-5-6-10-33)43-38(55(2)46(31)65)28-50-49(54-43)52-35-14-13-30(27-39(35)68-3)44(63)51-32-17-21-58(22-18-32)41(62)19-20-56-23-25-57(26-24-56)36-12-7-11-34-42(36)48(67)60(47(34)66)37-15-16-40(61)53-45(37)64/h4,7,11-14,27-28,31-33,37H,1,5-6,8-10,15-26,29H2,2-3H3,(H,51,63)(H,50,52,54)(H,53,61,64)/t31-,37?/m1/s1. The molecule has 358 valence electrons. The number of nitrogens with zero attached hydrogens (tertiary/aromatic N) is 8. The fourth-order valence-electron chi connectivity index (χ4n) is 10.6. The van der Waals surface area contributed by atoms with Gasteiger partial charge in [0.1, 0.15) is 17.5 Å². The summed E-state index contributed by atoms with van der Waals surface area (Å²) in [6.07, 6.45) is 10.2. The molecule has 5 aliphatic heterocycles. The number of hydrogen-bond donors (Lipinski definition) is 3. The van der Waals surface area contributed by atoms with Crippen LogP contribution in [0.15, 0.2) is 55.3 Å². The fourth-order valence-corrected chi connectivity index (χ4v) is 10.6. The molecule has 1 aromatic heterocycles. The number of likely N-dealkylation sites (tertiary alicyclic amines) is 1. The molecular weight excluding hydrogens is 871 g/mol. The van der Waals surface area contributed by atoms with Crippen LogP contribution in [0.1, 0.15) is 95.3 Å². The topological polar surface area (TPSA) is 210 Å². The van der Waals surface area contributed by atoms with Crippen LogP contribution >= 0.6 is 0 Å². The van der Waals surface area contributed by atoms with Crippen LogP contribution in [0.4, 0.5) is 28.8 Å². The highest BCUT2D eigenvalue weighted by Crippen LogP contribution is 2.39. The first-order valence-corrected chi connectivity index (χ1v) is 23.8. The smallest absolute Gasteiger partial charge is 0.264 e. The highest BCUT2D eigenvalue weighted by molar-refractivity contribution is 6.25. The Bertz CT molecular complexity index is 2510. The molecule has 6 heterocycles. The van der Waals surface area contributed by atoms with Crippen LogP contribution in [-0.2, 0) is 19.2 Å². The molecule has 0 bridgehead atoms. The van der Waals surface area contributed by atoms with E-state index in [0.717, 1.165) is 30.6 Å². The van der Waals surface area contributed by atoms with Crippen molar-refractivity contribution in [2.75, 3.05) is 86.5 Å². The lowest BCUT2D eigenvalue weighted by molar-refractivity contribution is -0.136. The molecule has 3 aromatic rings. The Labute approximate surface area is 395 Å². The number of fused-ring (bicyclic) bond motifs is 2. The third kappa shape index (κ3) is 9.22. The molecule has 2 atom stereocenters. The molecule has 9 rings (SSSR count). The number of hydrogen-bond acceptors (Lipinski definition) is 14. The lowest BCUT2D eigenvalue weighted by atomic mass is 10.0. The van der Waals surface area contributed by atoms with E-state index in [4.69, 9.17) is 9.72 Å². The number of carbonyl (C=O) groups is 7. The number of piperidine rings is 2. The molecule has 68 heavy (non-hydrogen) atoms. The van der Waals surface area contributed by atoms with E-state index >= 15 is 0 Å². The van der Waals surface area contributed by atoms with Gasteiger partial charge in [-0.15, -0.1) is 6.58 Å². The summed E-state index contributed by atoms with van der Waals surface area (Å²) in [5.74, 6) is -1.00. The maximum atomic E-state index is 13.6. The van der Waals surface area contributed by atoms with E-state index in [1.54, 1.807) is 61.7 Å². The molecule has 19 nitrogen and oxygen atoms in total. The van der Waals surface area contributed by atoms with Gasteiger partial charge in [0, 0.05) is 89.9 Å². The number of imide groups is 2. The third-order valence-corrected chi connectivity index (χ3v) is 14.4. The second kappa shape index (κ2) is 19.8. The monoisotopic (exact) mass is 929 g/mol. The van der Waals surface area contributed by atoms with Crippen LogP contribution in [0, 0.1) is 5.92 Å². The maximum absolute atomic E-state index is 13.6. The van der Waals surface area contributed by atoms with E-state index in [1.807, 2.05) is 11.0 Å². The fraction of sp³-hybridized carbons (Fsp3) is 0.490. The van der Waals surface area contributed by atoms with Crippen molar-refractivity contribution in [2.45, 2.75) is 82.3 Å². The summed E-state index contributed by atoms with van der Waals surface area (Å²) < 4.78 is 5.72. The number of anilines is 5. The molecular formula is C49H59N11O8. The predicted molar refractivity (Wildman–Crippen MR) is 253 cm³/mol. The van der Waals surface area contributed by atoms with E-state index in [-0.39, 0.29) is 59.7 Å². The van der Waals surface area contributed by atoms with Crippen LogP contribution in [0.25, 0.3) is 0 Å². The molecule has 3 N–H and O–H groups in total. The van der Waals surface area contributed by atoms with E-state index in [2.05, 4.69) is 42.2 Å². The van der Waals surface area contributed by atoms with Gasteiger partial charge in [-0.2, -0.15) is 4.98 Å². The van der Waals surface area contributed by atoms with Gasteiger partial charge in [0.2, 0.25) is 29.6 Å². The minimum Gasteiger partial charge on any atom is -0.495 e. The molecule has 0 radical (unpaired) electrons. The Morgan fingerprint density at radius 3 is 2.41 bits per heavy atom. The second-order valence-corrected chi connectivity index (χ2v) is 18.5. The number of aromatic nitrogens is 2. The molecule has 6 aliphatic rings. The average Bonchev–Trinajstić information content (AvgIpc) is 3.96. The number of piperazine rings is 1. The number of methoxy groups -OCH3 is 1. The quantitative estimate of drug-likeness (QED) is 0.166. The molecule has 1 saturated carbocycles. The first-order valence-electron chi connectivity index (χ1n) is 23.8. The van der Waals surface area contributed by atoms with Crippen molar-refractivity contribution in [1.82, 2.24) is 35.3 Å². The van der Waals surface area contributed by atoms with E-state index < -0.39 is 29.7 Å². The van der Waals surface area contributed by atoms with Gasteiger partial charge in [-0.1, -0.05) is 25.0 Å². The number of allylic oxidation sites excluding steroid dienone is 1. The normalized spacial score (nSPS) is 21.7. The molecule has 3 saturated heterocycles. The van der Waals surface area contributed by atoms with E-state index in [0.29, 0.717) is 118 Å². The van der Waals surface area contributed by atoms with Crippen molar-refractivity contribution < 1.29 is 38.3 Å². The van der Waals surface area contributed by atoms with Crippen molar-refractivity contribution in [3.63, 3.8) is 0 Å². The van der Waals surface area contributed by atoms with Crippen LogP contribution in [0.5, 0.6) is 5.75 Å². The largest absolute Gasteiger partial charge is 0.495 e. The van der Waals surface area contributed by atoms with Crippen LogP contribution in [0.3, 0.4) is 0 Å². The number of ether oxygens (including phenoxy) is 1. The predicted octanol–water partition coefficient (Wildman–Crippen LogP) is 3.48. The van der Waals surface area contributed by atoms with Crippen LogP contribution < -0.4 is 35.4 Å². The Hall–Kier alpha value is -6.89. The minimum atomic E-state index is -1.03. The first-order chi connectivity index (χ1) is 32.9. The average molecular weight is 930 g/mol.